The van der Waals surface area contributed by atoms with Gasteiger partial charge in [0.25, 0.3) is 5.91 Å². The van der Waals surface area contributed by atoms with E-state index >= 15 is 0 Å². The maximum absolute atomic E-state index is 11.5. The van der Waals surface area contributed by atoms with Crippen LogP contribution < -0.4 is 5.32 Å². The van der Waals surface area contributed by atoms with Gasteiger partial charge < -0.3 is 10.4 Å². The van der Waals surface area contributed by atoms with Crippen molar-refractivity contribution < 1.29 is 14.7 Å². The summed E-state index contributed by atoms with van der Waals surface area (Å²) in [5.41, 5.74) is 0.756. The number of aryl methyl sites for hydroxylation is 1. The summed E-state index contributed by atoms with van der Waals surface area (Å²) in [6.45, 7) is 1.99. The minimum atomic E-state index is -0.886. The first-order chi connectivity index (χ1) is 7.52. The van der Waals surface area contributed by atoms with Crippen LogP contribution in [-0.4, -0.2) is 33.7 Å². The van der Waals surface area contributed by atoms with E-state index in [1.54, 1.807) is 6.92 Å². The van der Waals surface area contributed by atoms with Gasteiger partial charge in [-0.05, 0) is 13.3 Å². The number of aromatic nitrogens is 2. The number of carboxylic acid groups (broad SMARTS) is 1. The van der Waals surface area contributed by atoms with Crippen LogP contribution in [-0.2, 0) is 4.79 Å². The lowest BCUT2D eigenvalue weighted by Crippen LogP contribution is -2.25. The molecule has 0 aliphatic rings. The smallest absolute Gasteiger partial charge is 0.303 e. The number of nitrogens with zero attached hydrogens (tertiary/aromatic N) is 1. The Kier molecular flexibility index (Phi) is 4.30. The van der Waals surface area contributed by atoms with Crippen molar-refractivity contribution in [3.05, 3.63) is 16.4 Å². The topological polar surface area (TPSA) is 95.1 Å². The molecule has 16 heavy (non-hydrogen) atoms. The zero-order chi connectivity index (χ0) is 12.1. The summed E-state index contributed by atoms with van der Waals surface area (Å²) in [7, 11) is 0. The zero-order valence-corrected chi connectivity index (χ0v) is 9.47. The van der Waals surface area contributed by atoms with Crippen LogP contribution in [0, 0.1) is 6.92 Å². The number of H-pyrrole nitrogens is 1. The number of aromatic amines is 1. The fourth-order valence-corrected chi connectivity index (χ4v) is 1.26. The predicted molar refractivity (Wildman–Crippen MR) is 57.5 cm³/mol. The molecule has 0 aliphatic heterocycles. The lowest BCUT2D eigenvalue weighted by molar-refractivity contribution is -0.137. The first-order valence-corrected chi connectivity index (χ1v) is 5.10. The molecule has 0 unspecified atom stereocenters. The summed E-state index contributed by atoms with van der Waals surface area (Å²) in [6.07, 6.45) is 0.399. The number of aliphatic carboxylic acids is 1. The molecule has 3 N–H and O–H groups in total. The molecule has 7 heteroatoms. The average molecular weight is 246 g/mol. The fourth-order valence-electron chi connectivity index (χ4n) is 1.09. The molecule has 88 valence electrons. The molecule has 0 fully saturated rings. The predicted octanol–water partition coefficient (Wildman–Crippen LogP) is 0.966. The molecule has 0 aliphatic carbocycles. The number of rotatable bonds is 5. The highest BCUT2D eigenvalue weighted by Gasteiger charge is 2.15. The lowest BCUT2D eigenvalue weighted by Gasteiger charge is -2.01. The molecular weight excluding hydrogens is 234 g/mol. The molecule has 0 bridgehead atoms. The largest absolute Gasteiger partial charge is 0.481 e. The van der Waals surface area contributed by atoms with Gasteiger partial charge >= 0.3 is 5.97 Å². The third-order valence-electron chi connectivity index (χ3n) is 1.94. The average Bonchev–Trinajstić information content (AvgIpc) is 2.54. The van der Waals surface area contributed by atoms with Gasteiger partial charge in [-0.15, -0.1) is 0 Å². The molecule has 0 radical (unpaired) electrons. The number of carbonyl (C=O) groups is 2. The lowest BCUT2D eigenvalue weighted by atomic mass is 10.3. The first kappa shape index (κ1) is 12.5. The van der Waals surface area contributed by atoms with Gasteiger partial charge in [0.15, 0.2) is 5.69 Å². The van der Waals surface area contributed by atoms with E-state index in [0.29, 0.717) is 12.1 Å². The Morgan fingerprint density at radius 2 is 2.25 bits per heavy atom. The van der Waals surface area contributed by atoms with Gasteiger partial charge in [0, 0.05) is 13.0 Å². The van der Waals surface area contributed by atoms with Crippen molar-refractivity contribution in [2.24, 2.45) is 0 Å². The second-order valence-corrected chi connectivity index (χ2v) is 3.64. The molecular formula is C9H12ClN3O3. The summed E-state index contributed by atoms with van der Waals surface area (Å²) in [6, 6.07) is 0. The Hall–Kier alpha value is -1.56. The van der Waals surface area contributed by atoms with Crippen LogP contribution in [0.25, 0.3) is 0 Å². The molecule has 0 atom stereocenters. The van der Waals surface area contributed by atoms with Crippen LogP contribution in [0.3, 0.4) is 0 Å². The van der Waals surface area contributed by atoms with Crippen molar-refractivity contribution in [1.82, 2.24) is 15.5 Å². The van der Waals surface area contributed by atoms with E-state index in [1.807, 2.05) is 0 Å². The van der Waals surface area contributed by atoms with Crippen LogP contribution in [0.2, 0.25) is 5.02 Å². The van der Waals surface area contributed by atoms with Crippen molar-refractivity contribution in [3.8, 4) is 0 Å². The summed E-state index contributed by atoms with van der Waals surface area (Å²) in [5.74, 6) is -1.29. The number of carbonyl (C=O) groups excluding carboxylic acids is 1. The molecule has 1 heterocycles. The quantitative estimate of drug-likeness (QED) is 0.674. The number of carboxylic acids is 1. The van der Waals surface area contributed by atoms with Gasteiger partial charge in [0.2, 0.25) is 0 Å². The minimum Gasteiger partial charge on any atom is -0.481 e. The minimum absolute atomic E-state index is 0.0214. The standard InChI is InChI=1S/C9H12ClN3O3/c1-5-7(10)8(13-12-5)9(16)11-4-2-3-6(14)15/h2-4H2,1H3,(H,11,16)(H,12,13)(H,14,15). The Labute approximate surface area is 97.0 Å². The van der Waals surface area contributed by atoms with E-state index in [-0.39, 0.29) is 23.7 Å². The van der Waals surface area contributed by atoms with Gasteiger partial charge in [-0.1, -0.05) is 11.6 Å². The molecule has 0 saturated heterocycles. The number of halogens is 1. The normalized spacial score (nSPS) is 10.1. The number of hydrogen-bond donors (Lipinski definition) is 3. The number of amides is 1. The van der Waals surface area contributed by atoms with Gasteiger partial charge in [-0.25, -0.2) is 0 Å². The van der Waals surface area contributed by atoms with Crippen molar-refractivity contribution >= 4 is 23.5 Å². The van der Waals surface area contributed by atoms with Gasteiger partial charge in [-0.2, -0.15) is 5.10 Å². The summed E-state index contributed by atoms with van der Waals surface area (Å²) in [4.78, 5) is 21.7. The molecule has 1 amide bonds. The van der Waals surface area contributed by atoms with Crippen molar-refractivity contribution in [3.63, 3.8) is 0 Å². The second-order valence-electron chi connectivity index (χ2n) is 3.26. The van der Waals surface area contributed by atoms with Crippen molar-refractivity contribution in [2.75, 3.05) is 6.54 Å². The van der Waals surface area contributed by atoms with Gasteiger partial charge in [-0.3, -0.25) is 14.7 Å². The van der Waals surface area contributed by atoms with Gasteiger partial charge in [0.05, 0.1) is 10.7 Å². The fraction of sp³-hybridized carbons (Fsp3) is 0.444. The SMILES string of the molecule is Cc1[nH]nc(C(=O)NCCCC(=O)O)c1Cl. The van der Waals surface area contributed by atoms with Gasteiger partial charge in [0.1, 0.15) is 0 Å². The maximum atomic E-state index is 11.5. The van der Waals surface area contributed by atoms with E-state index in [1.165, 1.54) is 0 Å². The second kappa shape index (κ2) is 5.50. The van der Waals surface area contributed by atoms with Crippen LogP contribution in [0.15, 0.2) is 0 Å². The third-order valence-corrected chi connectivity index (χ3v) is 2.40. The Morgan fingerprint density at radius 1 is 1.56 bits per heavy atom. The highest BCUT2D eigenvalue weighted by Crippen LogP contribution is 2.16. The van der Waals surface area contributed by atoms with Crippen molar-refractivity contribution in [1.29, 1.82) is 0 Å². The van der Waals surface area contributed by atoms with Crippen LogP contribution in [0.4, 0.5) is 0 Å². The molecule has 0 spiro atoms. The Bertz CT molecular complexity index is 403. The number of hydrogen-bond acceptors (Lipinski definition) is 3. The highest BCUT2D eigenvalue weighted by atomic mass is 35.5. The van der Waals surface area contributed by atoms with E-state index in [2.05, 4.69) is 15.5 Å². The van der Waals surface area contributed by atoms with Crippen LogP contribution >= 0.6 is 11.6 Å². The van der Waals surface area contributed by atoms with Crippen LogP contribution in [0.5, 0.6) is 0 Å². The maximum Gasteiger partial charge on any atom is 0.303 e. The van der Waals surface area contributed by atoms with E-state index < -0.39 is 11.9 Å². The summed E-state index contributed by atoms with van der Waals surface area (Å²) >= 11 is 5.82. The van der Waals surface area contributed by atoms with Crippen LogP contribution in [0.1, 0.15) is 29.0 Å². The van der Waals surface area contributed by atoms with E-state index in [4.69, 9.17) is 16.7 Å². The molecule has 0 aromatic carbocycles. The van der Waals surface area contributed by atoms with Crippen molar-refractivity contribution in [2.45, 2.75) is 19.8 Å². The molecule has 0 saturated carbocycles. The zero-order valence-electron chi connectivity index (χ0n) is 8.71. The molecule has 1 aromatic heterocycles. The Balaban J connectivity index is 2.41. The highest BCUT2D eigenvalue weighted by molar-refractivity contribution is 6.34. The molecule has 1 aromatic rings. The summed E-state index contributed by atoms with van der Waals surface area (Å²) < 4.78 is 0. The number of nitrogens with one attached hydrogen (secondary N) is 2. The summed E-state index contributed by atoms with van der Waals surface area (Å²) in [5, 5.41) is 17.6. The first-order valence-electron chi connectivity index (χ1n) is 4.73. The van der Waals surface area contributed by atoms with E-state index in [0.717, 1.165) is 0 Å². The third kappa shape index (κ3) is 3.23. The molecule has 6 nitrogen and oxygen atoms in total. The van der Waals surface area contributed by atoms with E-state index in [9.17, 15) is 9.59 Å². The molecule has 1 rings (SSSR count). The monoisotopic (exact) mass is 245 g/mol. The Morgan fingerprint density at radius 3 is 2.75 bits per heavy atom.